The highest BCUT2D eigenvalue weighted by molar-refractivity contribution is 6.36. The summed E-state index contributed by atoms with van der Waals surface area (Å²) in [5, 5.41) is 3.20. The predicted molar refractivity (Wildman–Crippen MR) is 120 cm³/mol. The zero-order valence-electron chi connectivity index (χ0n) is 18.6. The van der Waals surface area contributed by atoms with Gasteiger partial charge in [0.05, 0.1) is 11.7 Å². The summed E-state index contributed by atoms with van der Waals surface area (Å²) in [5.74, 6) is 0.406. The van der Waals surface area contributed by atoms with E-state index in [-0.39, 0.29) is 23.8 Å². The second-order valence-corrected chi connectivity index (χ2v) is 8.48. The topological polar surface area (TPSA) is 58.6 Å². The average Bonchev–Trinajstić information content (AvgIpc) is 2.89. The number of hydrogen-bond acceptors (Lipinski definition) is 4. The zero-order valence-corrected chi connectivity index (χ0v) is 18.6. The van der Waals surface area contributed by atoms with Gasteiger partial charge in [0.15, 0.2) is 0 Å². The quantitative estimate of drug-likeness (QED) is 0.662. The molecule has 158 valence electrons. The summed E-state index contributed by atoms with van der Waals surface area (Å²) in [7, 11) is 0. The maximum Gasteiger partial charge on any atom is 0.278 e. The number of nitrogens with zero attached hydrogens (tertiary/aromatic N) is 1. The summed E-state index contributed by atoms with van der Waals surface area (Å²) in [6.45, 7) is 12.4. The Morgan fingerprint density at radius 1 is 0.900 bits per heavy atom. The second-order valence-electron chi connectivity index (χ2n) is 8.48. The molecule has 0 aliphatic carbocycles. The van der Waals surface area contributed by atoms with E-state index in [1.54, 1.807) is 0 Å². The molecule has 5 heteroatoms. The molecule has 30 heavy (non-hydrogen) atoms. The molecule has 0 saturated carbocycles. The lowest BCUT2D eigenvalue weighted by atomic mass is 9.99. The number of carbonyl (C=O) groups is 2. The Hall–Kier alpha value is -3.08. The minimum Gasteiger partial charge on any atom is -0.491 e. The zero-order chi connectivity index (χ0) is 22.0. The van der Waals surface area contributed by atoms with Gasteiger partial charge in [-0.05, 0) is 74.6 Å². The first-order chi connectivity index (χ1) is 14.2. The molecule has 0 fully saturated rings. The van der Waals surface area contributed by atoms with Crippen molar-refractivity contribution < 1.29 is 14.3 Å². The van der Waals surface area contributed by atoms with E-state index in [1.165, 1.54) is 4.90 Å². The standard InChI is InChI=1S/C25H30N2O3/c1-15(2)14-27-24(28)22(19-8-7-17(5)18(6)13-19)23(25(27)29)26-20-9-11-21(12-10-20)30-16(3)4/h7-13,15-16,26H,14H2,1-6H3. The molecule has 1 N–H and O–H groups in total. The molecule has 0 aromatic heterocycles. The Kier molecular flexibility index (Phi) is 6.30. The van der Waals surface area contributed by atoms with Gasteiger partial charge in [-0.2, -0.15) is 0 Å². The summed E-state index contributed by atoms with van der Waals surface area (Å²) in [6.07, 6.45) is 0.0847. The lowest BCUT2D eigenvalue weighted by molar-refractivity contribution is -0.137. The van der Waals surface area contributed by atoms with Crippen LogP contribution in [0.4, 0.5) is 5.69 Å². The van der Waals surface area contributed by atoms with Crippen molar-refractivity contribution in [1.29, 1.82) is 0 Å². The van der Waals surface area contributed by atoms with Crippen molar-refractivity contribution in [2.24, 2.45) is 5.92 Å². The van der Waals surface area contributed by atoms with Crippen molar-refractivity contribution in [2.75, 3.05) is 11.9 Å². The highest BCUT2D eigenvalue weighted by Gasteiger charge is 2.39. The first-order valence-electron chi connectivity index (χ1n) is 10.4. The number of ether oxygens (including phenoxy) is 1. The smallest absolute Gasteiger partial charge is 0.278 e. The first kappa shape index (κ1) is 21.6. The van der Waals surface area contributed by atoms with Crippen LogP contribution in [0.5, 0.6) is 5.75 Å². The van der Waals surface area contributed by atoms with Crippen LogP contribution in [0.3, 0.4) is 0 Å². The van der Waals surface area contributed by atoms with Crippen LogP contribution in [0.1, 0.15) is 44.4 Å². The molecule has 2 aromatic rings. The Morgan fingerprint density at radius 3 is 2.13 bits per heavy atom. The monoisotopic (exact) mass is 406 g/mol. The van der Waals surface area contributed by atoms with Gasteiger partial charge in [-0.3, -0.25) is 14.5 Å². The normalized spacial score (nSPS) is 14.3. The number of amides is 2. The molecule has 1 aliphatic heterocycles. The third kappa shape index (κ3) is 4.56. The lowest BCUT2D eigenvalue weighted by Crippen LogP contribution is -2.35. The van der Waals surface area contributed by atoms with Crippen LogP contribution in [0, 0.1) is 19.8 Å². The van der Waals surface area contributed by atoms with Crippen molar-refractivity contribution in [2.45, 2.75) is 47.6 Å². The number of carbonyl (C=O) groups excluding carboxylic acids is 2. The molecule has 0 atom stereocenters. The van der Waals surface area contributed by atoms with Crippen LogP contribution < -0.4 is 10.1 Å². The van der Waals surface area contributed by atoms with Crippen LogP contribution in [0.15, 0.2) is 48.2 Å². The molecule has 2 aromatic carbocycles. The van der Waals surface area contributed by atoms with Gasteiger partial charge in [0, 0.05) is 12.2 Å². The van der Waals surface area contributed by atoms with Gasteiger partial charge >= 0.3 is 0 Å². The Balaban J connectivity index is 2.00. The summed E-state index contributed by atoms with van der Waals surface area (Å²) >= 11 is 0. The van der Waals surface area contributed by atoms with Gasteiger partial charge in [-0.25, -0.2) is 0 Å². The molecule has 2 amide bonds. The third-order valence-electron chi connectivity index (χ3n) is 5.01. The fourth-order valence-electron chi connectivity index (χ4n) is 3.42. The Morgan fingerprint density at radius 2 is 1.57 bits per heavy atom. The van der Waals surface area contributed by atoms with Gasteiger partial charge in [-0.15, -0.1) is 0 Å². The Bertz CT molecular complexity index is 988. The fourth-order valence-corrected chi connectivity index (χ4v) is 3.42. The number of rotatable bonds is 7. The molecular formula is C25H30N2O3. The van der Waals surface area contributed by atoms with Crippen LogP contribution in [-0.4, -0.2) is 29.4 Å². The number of nitrogens with one attached hydrogen (secondary N) is 1. The van der Waals surface area contributed by atoms with Gasteiger partial charge in [0.25, 0.3) is 11.8 Å². The number of benzene rings is 2. The lowest BCUT2D eigenvalue weighted by Gasteiger charge is -2.17. The van der Waals surface area contributed by atoms with Gasteiger partial charge in [0.1, 0.15) is 11.4 Å². The van der Waals surface area contributed by atoms with Gasteiger partial charge in [-0.1, -0.05) is 32.0 Å². The van der Waals surface area contributed by atoms with Gasteiger partial charge in [0.2, 0.25) is 0 Å². The molecule has 0 unspecified atom stereocenters. The largest absolute Gasteiger partial charge is 0.491 e. The maximum absolute atomic E-state index is 13.2. The highest BCUT2D eigenvalue weighted by atomic mass is 16.5. The first-order valence-corrected chi connectivity index (χ1v) is 10.4. The van der Waals surface area contributed by atoms with Crippen LogP contribution in [0.25, 0.3) is 5.57 Å². The van der Waals surface area contributed by atoms with E-state index in [2.05, 4.69) is 5.32 Å². The summed E-state index contributed by atoms with van der Waals surface area (Å²) in [5.41, 5.74) is 4.45. The number of hydrogen-bond donors (Lipinski definition) is 1. The predicted octanol–water partition coefficient (Wildman–Crippen LogP) is 4.94. The molecular weight excluding hydrogens is 376 g/mol. The molecule has 3 rings (SSSR count). The molecule has 5 nitrogen and oxygen atoms in total. The number of anilines is 1. The van der Waals surface area contributed by atoms with E-state index in [0.717, 1.165) is 28.1 Å². The van der Waals surface area contributed by atoms with Crippen LogP contribution >= 0.6 is 0 Å². The van der Waals surface area contributed by atoms with Crippen molar-refractivity contribution in [3.8, 4) is 5.75 Å². The van der Waals surface area contributed by atoms with E-state index < -0.39 is 0 Å². The maximum atomic E-state index is 13.2. The molecule has 0 spiro atoms. The summed E-state index contributed by atoms with van der Waals surface area (Å²) in [6, 6.07) is 13.3. The fraction of sp³-hybridized carbons (Fsp3) is 0.360. The van der Waals surface area contributed by atoms with Crippen molar-refractivity contribution in [3.63, 3.8) is 0 Å². The van der Waals surface area contributed by atoms with E-state index in [0.29, 0.717) is 17.8 Å². The second kappa shape index (κ2) is 8.74. The third-order valence-corrected chi connectivity index (χ3v) is 5.01. The summed E-state index contributed by atoms with van der Waals surface area (Å²) < 4.78 is 5.68. The van der Waals surface area contributed by atoms with Crippen LogP contribution in [0.2, 0.25) is 0 Å². The summed E-state index contributed by atoms with van der Waals surface area (Å²) in [4.78, 5) is 27.7. The Labute approximate surface area is 178 Å². The average molecular weight is 407 g/mol. The minimum atomic E-state index is -0.288. The molecule has 1 aliphatic rings. The molecule has 0 radical (unpaired) electrons. The van der Waals surface area contributed by atoms with Crippen molar-refractivity contribution in [3.05, 3.63) is 64.9 Å². The highest BCUT2D eigenvalue weighted by Crippen LogP contribution is 2.32. The van der Waals surface area contributed by atoms with Gasteiger partial charge < -0.3 is 10.1 Å². The number of aryl methyl sites for hydroxylation is 2. The number of imide groups is 1. The van der Waals surface area contributed by atoms with Crippen LogP contribution in [-0.2, 0) is 9.59 Å². The van der Waals surface area contributed by atoms with E-state index in [9.17, 15) is 9.59 Å². The van der Waals surface area contributed by atoms with E-state index in [1.807, 2.05) is 84.0 Å². The SMILES string of the molecule is Cc1ccc(C2=C(Nc3ccc(OC(C)C)cc3)C(=O)N(CC(C)C)C2=O)cc1C. The molecule has 1 heterocycles. The minimum absolute atomic E-state index is 0.0847. The van der Waals surface area contributed by atoms with Crippen molar-refractivity contribution in [1.82, 2.24) is 4.90 Å². The van der Waals surface area contributed by atoms with E-state index >= 15 is 0 Å². The molecule has 0 saturated heterocycles. The van der Waals surface area contributed by atoms with Crippen molar-refractivity contribution >= 4 is 23.1 Å². The molecule has 0 bridgehead atoms. The van der Waals surface area contributed by atoms with E-state index in [4.69, 9.17) is 4.74 Å².